The lowest BCUT2D eigenvalue weighted by Gasteiger charge is -2.43. The van der Waals surface area contributed by atoms with Gasteiger partial charge in [0.25, 0.3) is 12.1 Å². The zero-order chi connectivity index (χ0) is 28.4. The number of hydrogen-bond acceptors (Lipinski definition) is 0. The third-order valence-electron chi connectivity index (χ3n) is 12.2. The summed E-state index contributed by atoms with van der Waals surface area (Å²) in [5, 5.41) is 0. The number of unbranched alkanes of at least 4 members (excludes halogenated alkanes) is 2. The predicted octanol–water partition coefficient (Wildman–Crippen LogP) is 11.5. The largest absolute Gasteiger partial charge is 0.292 e. The van der Waals surface area contributed by atoms with Crippen LogP contribution in [-0.4, -0.2) is 5.54 Å². The van der Waals surface area contributed by atoms with Gasteiger partial charge in [0.1, 0.15) is 0 Å². The fourth-order valence-corrected chi connectivity index (χ4v) is 9.12. The SMILES string of the molecule is C#[N+]C1(C(C)C=CC(C)C2(C(=C)CCCCC)CC2)CCC2C(=CC=C3CC(C)C(=C)C(C)C3)CCCC21C. The molecule has 4 aliphatic carbocycles. The summed E-state index contributed by atoms with van der Waals surface area (Å²) < 4.78 is 0. The summed E-state index contributed by atoms with van der Waals surface area (Å²) in [6.45, 7) is 29.6. The van der Waals surface area contributed by atoms with Crippen molar-refractivity contribution in [3.8, 4) is 6.57 Å². The van der Waals surface area contributed by atoms with Crippen LogP contribution in [0.5, 0.6) is 0 Å². The molecular weight excluding hydrogens is 470 g/mol. The molecule has 214 valence electrons. The molecule has 0 aromatic carbocycles. The lowest BCUT2D eigenvalue weighted by molar-refractivity contribution is 0.108. The van der Waals surface area contributed by atoms with Crippen LogP contribution in [-0.2, 0) is 0 Å². The first-order valence-electron chi connectivity index (χ1n) is 16.4. The standard InChI is InChI=1S/C38H58N/c1-10-11-12-14-29(4)37(23-24-37)30(5)16-17-31(6)38(39-9)22-20-35-34(15-13-21-36(35,38)8)19-18-33-25-27(2)32(7)28(3)26-33/h9,16-19,27-28,30-31,35H,4,7,10-15,20-26H2,1-3,5-6,8H3/q+1. The van der Waals surface area contributed by atoms with Crippen LogP contribution in [0.2, 0.25) is 0 Å². The number of allylic oxidation sites excluding steroid dienone is 7. The first-order chi connectivity index (χ1) is 18.5. The van der Waals surface area contributed by atoms with E-state index in [9.17, 15) is 0 Å². The van der Waals surface area contributed by atoms with Gasteiger partial charge < -0.3 is 0 Å². The maximum absolute atomic E-state index is 6.40. The number of hydrogen-bond donors (Lipinski definition) is 0. The van der Waals surface area contributed by atoms with Gasteiger partial charge in [0, 0.05) is 6.42 Å². The van der Waals surface area contributed by atoms with Crippen LogP contribution in [0.15, 0.2) is 59.8 Å². The van der Waals surface area contributed by atoms with Crippen molar-refractivity contribution in [1.29, 1.82) is 0 Å². The maximum atomic E-state index is 6.40. The normalized spacial score (nSPS) is 36.4. The second-order valence-corrected chi connectivity index (χ2v) is 14.4. The summed E-state index contributed by atoms with van der Waals surface area (Å²) in [5.74, 6) is 2.67. The number of nitrogens with zero attached hydrogens (tertiary/aromatic N) is 1. The van der Waals surface area contributed by atoms with E-state index in [1.165, 1.54) is 88.2 Å². The predicted molar refractivity (Wildman–Crippen MR) is 171 cm³/mol. The average molecular weight is 529 g/mol. The van der Waals surface area contributed by atoms with E-state index in [1.54, 1.807) is 11.1 Å². The molecular formula is C38H58N+. The van der Waals surface area contributed by atoms with Crippen molar-refractivity contribution in [2.75, 3.05) is 0 Å². The van der Waals surface area contributed by atoms with Gasteiger partial charge in [0.05, 0.1) is 11.3 Å². The van der Waals surface area contributed by atoms with Gasteiger partial charge in [-0.15, -0.1) is 0 Å². The van der Waals surface area contributed by atoms with Crippen molar-refractivity contribution in [2.45, 2.75) is 131 Å². The van der Waals surface area contributed by atoms with Gasteiger partial charge in [0.15, 0.2) is 0 Å². The second-order valence-electron chi connectivity index (χ2n) is 14.4. The molecule has 4 rings (SSSR count). The quantitative estimate of drug-likeness (QED) is 0.196. The lowest BCUT2D eigenvalue weighted by atomic mass is 9.57. The van der Waals surface area contributed by atoms with E-state index >= 15 is 0 Å². The van der Waals surface area contributed by atoms with Gasteiger partial charge in [-0.05, 0) is 93.3 Å². The molecule has 0 radical (unpaired) electrons. The molecule has 0 saturated heterocycles. The summed E-state index contributed by atoms with van der Waals surface area (Å²) in [6, 6.07) is 0. The Balaban J connectivity index is 1.49. The van der Waals surface area contributed by atoms with Crippen molar-refractivity contribution < 1.29 is 0 Å². The second kappa shape index (κ2) is 12.0. The highest BCUT2D eigenvalue weighted by atomic mass is 14.9. The molecule has 0 spiro atoms. The average Bonchev–Trinajstić information content (AvgIpc) is 3.67. The summed E-state index contributed by atoms with van der Waals surface area (Å²) in [4.78, 5) is 4.81. The molecule has 7 atom stereocenters. The molecule has 7 unspecified atom stereocenters. The summed E-state index contributed by atoms with van der Waals surface area (Å²) in [7, 11) is 0. The van der Waals surface area contributed by atoms with Crippen LogP contribution in [0.4, 0.5) is 0 Å². The number of fused-ring (bicyclic) bond motifs is 1. The Morgan fingerprint density at radius 1 is 1.03 bits per heavy atom. The smallest absolute Gasteiger partial charge is 0.0993 e. The summed E-state index contributed by atoms with van der Waals surface area (Å²) in [6.07, 6.45) is 26.0. The minimum Gasteiger partial charge on any atom is -0.0993 e. The lowest BCUT2D eigenvalue weighted by Crippen LogP contribution is -2.48. The highest BCUT2D eigenvalue weighted by Gasteiger charge is 2.68. The van der Waals surface area contributed by atoms with Gasteiger partial charge in [-0.1, -0.05) is 119 Å². The Morgan fingerprint density at radius 3 is 2.31 bits per heavy atom. The fourth-order valence-electron chi connectivity index (χ4n) is 9.12. The van der Waals surface area contributed by atoms with Crippen molar-refractivity contribution in [1.82, 2.24) is 0 Å². The Morgan fingerprint density at radius 2 is 1.69 bits per heavy atom. The molecule has 0 amide bonds. The molecule has 39 heavy (non-hydrogen) atoms. The molecule has 0 aromatic rings. The summed E-state index contributed by atoms with van der Waals surface area (Å²) in [5.41, 5.74) is 6.46. The van der Waals surface area contributed by atoms with E-state index in [2.05, 4.69) is 79.0 Å². The Bertz CT molecular complexity index is 1040. The van der Waals surface area contributed by atoms with Crippen LogP contribution in [0.3, 0.4) is 0 Å². The molecule has 4 aliphatic rings. The van der Waals surface area contributed by atoms with Gasteiger partial charge in [0.2, 0.25) is 0 Å². The zero-order valence-corrected chi connectivity index (χ0v) is 26.3. The van der Waals surface area contributed by atoms with Crippen LogP contribution < -0.4 is 0 Å². The minimum absolute atomic E-state index is 0.125. The van der Waals surface area contributed by atoms with Crippen molar-refractivity contribution >= 4 is 0 Å². The molecule has 0 N–H and O–H groups in total. The minimum atomic E-state index is -0.180. The Kier molecular flexibility index (Phi) is 9.25. The first kappa shape index (κ1) is 30.2. The van der Waals surface area contributed by atoms with E-state index < -0.39 is 0 Å². The van der Waals surface area contributed by atoms with E-state index in [0.717, 1.165) is 6.42 Å². The first-order valence-corrected chi connectivity index (χ1v) is 16.4. The van der Waals surface area contributed by atoms with E-state index in [0.29, 0.717) is 35.0 Å². The molecule has 0 aromatic heterocycles. The molecule has 0 bridgehead atoms. The molecule has 0 aliphatic heterocycles. The van der Waals surface area contributed by atoms with Gasteiger partial charge in [-0.2, -0.15) is 0 Å². The Hall–Kier alpha value is -1.81. The van der Waals surface area contributed by atoms with E-state index in [4.69, 9.17) is 11.4 Å². The Labute approximate surface area is 241 Å². The molecule has 1 nitrogen and oxygen atoms in total. The van der Waals surface area contributed by atoms with Crippen molar-refractivity contribution in [3.63, 3.8) is 0 Å². The monoisotopic (exact) mass is 528 g/mol. The van der Waals surface area contributed by atoms with Gasteiger partial charge in [-0.3, -0.25) is 0 Å². The maximum Gasteiger partial charge on any atom is 0.292 e. The van der Waals surface area contributed by atoms with Crippen LogP contribution in [0, 0.1) is 47.0 Å². The highest BCUT2D eigenvalue weighted by molar-refractivity contribution is 5.34. The van der Waals surface area contributed by atoms with Gasteiger partial charge >= 0.3 is 0 Å². The zero-order valence-electron chi connectivity index (χ0n) is 26.3. The highest BCUT2D eigenvalue weighted by Crippen LogP contribution is 2.64. The fraction of sp³-hybridized carbons (Fsp3) is 0.711. The van der Waals surface area contributed by atoms with E-state index in [-0.39, 0.29) is 11.0 Å². The number of rotatable bonds is 10. The van der Waals surface area contributed by atoms with Crippen molar-refractivity contribution in [3.05, 3.63) is 64.6 Å². The summed E-state index contributed by atoms with van der Waals surface area (Å²) >= 11 is 0. The van der Waals surface area contributed by atoms with Crippen LogP contribution in [0.25, 0.3) is 4.85 Å². The molecule has 1 heteroatoms. The topological polar surface area (TPSA) is 4.36 Å². The molecule has 4 fully saturated rings. The molecule has 0 heterocycles. The van der Waals surface area contributed by atoms with Crippen LogP contribution >= 0.6 is 0 Å². The van der Waals surface area contributed by atoms with Crippen molar-refractivity contribution in [2.24, 2.45) is 40.4 Å². The van der Waals surface area contributed by atoms with Gasteiger partial charge in [-0.25, -0.2) is 0 Å². The van der Waals surface area contributed by atoms with E-state index in [1.807, 2.05) is 0 Å². The van der Waals surface area contributed by atoms with Crippen LogP contribution in [0.1, 0.15) is 125 Å². The third-order valence-corrected chi connectivity index (χ3v) is 12.2. The third kappa shape index (κ3) is 5.56. The molecule has 4 saturated carbocycles.